The second-order valence-corrected chi connectivity index (χ2v) is 5.75. The topological polar surface area (TPSA) is 40.5 Å². The van der Waals surface area contributed by atoms with Crippen molar-refractivity contribution in [2.75, 3.05) is 11.9 Å². The molecular formula is C18H20ClNO2. The first-order valence-electron chi connectivity index (χ1n) is 7.30. The van der Waals surface area contributed by atoms with Crippen LogP contribution in [0.2, 0.25) is 5.02 Å². The molecule has 0 heterocycles. The minimum Gasteiger partial charge on any atom is -0.375 e. The fraction of sp³-hybridized carbons (Fsp3) is 0.278. The molecule has 0 spiro atoms. The van der Waals surface area contributed by atoms with Gasteiger partial charge in [0.25, 0.3) is 5.91 Å². The van der Waals surface area contributed by atoms with Crippen LogP contribution in [0.4, 0.5) is 5.69 Å². The largest absolute Gasteiger partial charge is 0.375 e. The molecule has 4 heteroatoms. The van der Waals surface area contributed by atoms with E-state index in [1.165, 1.54) is 4.90 Å². The third-order valence-corrected chi connectivity index (χ3v) is 3.99. The summed E-state index contributed by atoms with van der Waals surface area (Å²) in [6.45, 7) is 1.95. The number of nitrogens with zero attached hydrogens (tertiary/aromatic N) is 1. The molecule has 1 N–H and O–H groups in total. The predicted octanol–water partition coefficient (Wildman–Crippen LogP) is 3.99. The molecule has 1 atom stereocenters. The lowest BCUT2D eigenvalue weighted by atomic mass is 9.88. The van der Waals surface area contributed by atoms with Gasteiger partial charge in [-0.2, -0.15) is 0 Å². The van der Waals surface area contributed by atoms with E-state index in [0.717, 1.165) is 0 Å². The predicted molar refractivity (Wildman–Crippen MR) is 90.1 cm³/mol. The summed E-state index contributed by atoms with van der Waals surface area (Å²) in [6, 6.07) is 16.0. The van der Waals surface area contributed by atoms with Crippen LogP contribution in [0.15, 0.2) is 54.6 Å². The van der Waals surface area contributed by atoms with Crippen LogP contribution in [-0.2, 0) is 10.4 Å². The SMILES string of the molecule is CCCC(O)(C(=O)N(C)c1ccc(Cl)cc1)c1ccccc1. The Morgan fingerprint density at radius 3 is 2.27 bits per heavy atom. The van der Waals surface area contributed by atoms with Crippen molar-refractivity contribution in [2.45, 2.75) is 25.4 Å². The first-order valence-corrected chi connectivity index (χ1v) is 7.68. The molecule has 22 heavy (non-hydrogen) atoms. The van der Waals surface area contributed by atoms with Crippen molar-refractivity contribution in [3.63, 3.8) is 0 Å². The second-order valence-electron chi connectivity index (χ2n) is 5.32. The van der Waals surface area contributed by atoms with Crippen LogP contribution in [0, 0.1) is 0 Å². The van der Waals surface area contributed by atoms with E-state index < -0.39 is 5.60 Å². The monoisotopic (exact) mass is 317 g/mol. The first-order chi connectivity index (χ1) is 10.5. The minimum atomic E-state index is -1.52. The second kappa shape index (κ2) is 6.95. The van der Waals surface area contributed by atoms with E-state index in [9.17, 15) is 9.90 Å². The summed E-state index contributed by atoms with van der Waals surface area (Å²) in [5.74, 6) is -0.345. The smallest absolute Gasteiger partial charge is 0.263 e. The zero-order chi connectivity index (χ0) is 16.2. The summed E-state index contributed by atoms with van der Waals surface area (Å²) in [4.78, 5) is 14.4. The Bertz CT molecular complexity index is 627. The van der Waals surface area contributed by atoms with E-state index in [1.54, 1.807) is 43.4 Å². The summed E-state index contributed by atoms with van der Waals surface area (Å²) in [5, 5.41) is 11.6. The summed E-state index contributed by atoms with van der Waals surface area (Å²) in [7, 11) is 1.66. The number of hydrogen-bond donors (Lipinski definition) is 1. The molecule has 0 radical (unpaired) electrons. The van der Waals surface area contributed by atoms with Crippen molar-refractivity contribution < 1.29 is 9.90 Å². The average Bonchev–Trinajstić information content (AvgIpc) is 2.55. The van der Waals surface area contributed by atoms with Crippen molar-refractivity contribution in [1.82, 2.24) is 0 Å². The number of rotatable bonds is 5. The molecule has 0 aromatic heterocycles. The van der Waals surface area contributed by atoms with Crippen LogP contribution in [-0.4, -0.2) is 18.1 Å². The Labute approximate surface area is 136 Å². The van der Waals surface area contributed by atoms with Crippen molar-refractivity contribution in [3.05, 3.63) is 65.2 Å². The molecular weight excluding hydrogens is 298 g/mol. The number of anilines is 1. The van der Waals surface area contributed by atoms with E-state index >= 15 is 0 Å². The van der Waals surface area contributed by atoms with Gasteiger partial charge in [-0.25, -0.2) is 0 Å². The molecule has 0 aliphatic carbocycles. The van der Waals surface area contributed by atoms with Crippen molar-refractivity contribution in [1.29, 1.82) is 0 Å². The number of hydrogen-bond acceptors (Lipinski definition) is 2. The van der Waals surface area contributed by atoms with Gasteiger partial charge in [0, 0.05) is 17.8 Å². The summed E-state index contributed by atoms with van der Waals surface area (Å²) in [5.41, 5.74) is -0.216. The van der Waals surface area contributed by atoms with Gasteiger partial charge in [-0.1, -0.05) is 55.3 Å². The van der Waals surface area contributed by atoms with Gasteiger partial charge in [0.05, 0.1) is 0 Å². The molecule has 0 fully saturated rings. The summed E-state index contributed by atoms with van der Waals surface area (Å²) in [6.07, 6.45) is 1.07. The third-order valence-electron chi connectivity index (χ3n) is 3.74. The van der Waals surface area contributed by atoms with E-state index in [2.05, 4.69) is 0 Å². The van der Waals surface area contributed by atoms with Crippen molar-refractivity contribution in [2.24, 2.45) is 0 Å². The molecule has 2 rings (SSSR count). The third kappa shape index (κ3) is 3.32. The number of halogens is 1. The number of carbonyl (C=O) groups is 1. The summed E-state index contributed by atoms with van der Waals surface area (Å²) < 4.78 is 0. The molecule has 1 amide bonds. The lowest BCUT2D eigenvalue weighted by Crippen LogP contribution is -2.45. The fourth-order valence-corrected chi connectivity index (χ4v) is 2.64. The van der Waals surface area contributed by atoms with E-state index in [1.807, 2.05) is 25.1 Å². The highest BCUT2D eigenvalue weighted by Gasteiger charge is 2.39. The Hall–Kier alpha value is -1.84. The van der Waals surface area contributed by atoms with Crippen LogP contribution >= 0.6 is 11.6 Å². The number of carbonyl (C=O) groups excluding carboxylic acids is 1. The highest BCUT2D eigenvalue weighted by Crippen LogP contribution is 2.30. The molecule has 1 unspecified atom stereocenters. The van der Waals surface area contributed by atoms with Gasteiger partial charge in [-0.05, 0) is 36.2 Å². The normalized spacial score (nSPS) is 13.5. The van der Waals surface area contributed by atoms with Gasteiger partial charge in [0.15, 0.2) is 5.60 Å². The van der Waals surface area contributed by atoms with Gasteiger partial charge in [0.1, 0.15) is 0 Å². The molecule has 2 aromatic rings. The fourth-order valence-electron chi connectivity index (χ4n) is 2.51. The quantitative estimate of drug-likeness (QED) is 0.905. The highest BCUT2D eigenvalue weighted by atomic mass is 35.5. The number of likely N-dealkylation sites (N-methyl/N-ethyl adjacent to an activating group) is 1. The van der Waals surface area contributed by atoms with Crippen LogP contribution in [0.1, 0.15) is 25.3 Å². The maximum absolute atomic E-state index is 12.9. The van der Waals surface area contributed by atoms with Crippen LogP contribution < -0.4 is 4.90 Å². The van der Waals surface area contributed by atoms with E-state index in [-0.39, 0.29) is 5.91 Å². The van der Waals surface area contributed by atoms with E-state index in [4.69, 9.17) is 11.6 Å². The molecule has 2 aromatic carbocycles. The maximum atomic E-state index is 12.9. The van der Waals surface area contributed by atoms with Crippen LogP contribution in [0.5, 0.6) is 0 Å². The lowest BCUT2D eigenvalue weighted by molar-refractivity contribution is -0.138. The highest BCUT2D eigenvalue weighted by molar-refractivity contribution is 6.30. The standard InChI is InChI=1S/C18H20ClNO2/c1-3-13-18(22,14-7-5-4-6-8-14)17(21)20(2)16-11-9-15(19)10-12-16/h4-12,22H,3,13H2,1-2H3. The average molecular weight is 318 g/mol. The Morgan fingerprint density at radius 1 is 1.14 bits per heavy atom. The number of aliphatic hydroxyl groups is 1. The van der Waals surface area contributed by atoms with Crippen LogP contribution in [0.3, 0.4) is 0 Å². The van der Waals surface area contributed by atoms with Gasteiger partial charge < -0.3 is 10.0 Å². The number of amides is 1. The summed E-state index contributed by atoms with van der Waals surface area (Å²) >= 11 is 5.88. The first kappa shape index (κ1) is 16.5. The molecule has 116 valence electrons. The molecule has 3 nitrogen and oxygen atoms in total. The van der Waals surface area contributed by atoms with E-state index in [0.29, 0.717) is 29.1 Å². The minimum absolute atomic E-state index is 0.345. The van der Waals surface area contributed by atoms with Gasteiger partial charge in [0.2, 0.25) is 0 Å². The maximum Gasteiger partial charge on any atom is 0.263 e. The van der Waals surface area contributed by atoms with Gasteiger partial charge >= 0.3 is 0 Å². The molecule has 0 saturated heterocycles. The molecule has 0 bridgehead atoms. The zero-order valence-corrected chi connectivity index (χ0v) is 13.5. The molecule has 0 aliphatic heterocycles. The van der Waals surface area contributed by atoms with Gasteiger partial charge in [-0.3, -0.25) is 4.79 Å². The Balaban J connectivity index is 2.35. The molecule has 0 saturated carbocycles. The Kier molecular flexibility index (Phi) is 5.22. The van der Waals surface area contributed by atoms with Crippen LogP contribution in [0.25, 0.3) is 0 Å². The lowest BCUT2D eigenvalue weighted by Gasteiger charge is -2.31. The van der Waals surface area contributed by atoms with Crippen molar-refractivity contribution in [3.8, 4) is 0 Å². The van der Waals surface area contributed by atoms with Crippen molar-refractivity contribution >= 4 is 23.2 Å². The zero-order valence-electron chi connectivity index (χ0n) is 12.8. The Morgan fingerprint density at radius 2 is 1.73 bits per heavy atom. The molecule has 0 aliphatic rings. The number of benzene rings is 2. The van der Waals surface area contributed by atoms with Gasteiger partial charge in [-0.15, -0.1) is 0 Å².